The van der Waals surface area contributed by atoms with Gasteiger partial charge in [0.05, 0.1) is 0 Å². The van der Waals surface area contributed by atoms with Crippen molar-refractivity contribution in [3.63, 3.8) is 0 Å². The molecule has 0 atom stereocenters. The highest BCUT2D eigenvalue weighted by molar-refractivity contribution is 6.17. The summed E-state index contributed by atoms with van der Waals surface area (Å²) >= 11 is 0. The molecule has 5 aromatic rings. The molecule has 1 nitrogen and oxygen atoms in total. The highest BCUT2D eigenvalue weighted by Crippen LogP contribution is 2.36. The number of rotatable bonds is 0. The highest BCUT2D eigenvalue weighted by Gasteiger charge is 2.11. The Bertz CT molecular complexity index is 1220. The van der Waals surface area contributed by atoms with Crippen LogP contribution in [0.5, 0.6) is 0 Å². The van der Waals surface area contributed by atoms with Gasteiger partial charge in [0.1, 0.15) is 11.2 Å². The molecular formula is C22H16O. The van der Waals surface area contributed by atoms with E-state index in [1.165, 1.54) is 43.4 Å². The summed E-state index contributed by atoms with van der Waals surface area (Å²) in [4.78, 5) is 0. The Labute approximate surface area is 134 Å². The Morgan fingerprint density at radius 3 is 2.22 bits per heavy atom. The van der Waals surface area contributed by atoms with E-state index in [0.717, 1.165) is 11.2 Å². The average Bonchev–Trinajstić information content (AvgIpc) is 2.90. The van der Waals surface area contributed by atoms with Crippen LogP contribution < -0.4 is 0 Å². The molecule has 0 N–H and O–H groups in total. The molecule has 0 fully saturated rings. The third-order valence-electron chi connectivity index (χ3n) is 4.72. The molecule has 23 heavy (non-hydrogen) atoms. The van der Waals surface area contributed by atoms with Crippen molar-refractivity contribution in [1.82, 2.24) is 0 Å². The van der Waals surface area contributed by atoms with Gasteiger partial charge in [0.2, 0.25) is 0 Å². The van der Waals surface area contributed by atoms with Crippen LogP contribution in [0.15, 0.2) is 65.1 Å². The Morgan fingerprint density at radius 1 is 0.565 bits per heavy atom. The molecule has 0 saturated carbocycles. The Morgan fingerprint density at radius 2 is 1.30 bits per heavy atom. The van der Waals surface area contributed by atoms with Gasteiger partial charge < -0.3 is 4.42 Å². The number of benzene rings is 4. The summed E-state index contributed by atoms with van der Waals surface area (Å²) in [5, 5.41) is 7.34. The van der Waals surface area contributed by atoms with Crippen LogP contribution in [0.25, 0.3) is 43.5 Å². The SMILES string of the molecule is Cc1ccc2cc3c(ccc4c5ccc(C)cc5oc34)cc2c1. The Balaban J connectivity index is 1.97. The zero-order valence-electron chi connectivity index (χ0n) is 13.2. The van der Waals surface area contributed by atoms with Crippen molar-refractivity contribution < 1.29 is 4.42 Å². The Kier molecular flexibility index (Phi) is 2.41. The van der Waals surface area contributed by atoms with Gasteiger partial charge in [-0.2, -0.15) is 0 Å². The van der Waals surface area contributed by atoms with Crippen LogP contribution in [0.4, 0.5) is 0 Å². The second kappa shape index (κ2) is 4.36. The van der Waals surface area contributed by atoms with Gasteiger partial charge in [-0.15, -0.1) is 0 Å². The normalized spacial score (nSPS) is 11.9. The number of aryl methyl sites for hydroxylation is 2. The van der Waals surface area contributed by atoms with E-state index in [9.17, 15) is 0 Å². The number of hydrogen-bond donors (Lipinski definition) is 0. The van der Waals surface area contributed by atoms with Gasteiger partial charge in [0.25, 0.3) is 0 Å². The summed E-state index contributed by atoms with van der Waals surface area (Å²) in [5.74, 6) is 0. The lowest BCUT2D eigenvalue weighted by atomic mass is 10.00. The molecule has 0 amide bonds. The third kappa shape index (κ3) is 1.80. The molecule has 5 rings (SSSR count). The first-order valence-corrected chi connectivity index (χ1v) is 7.95. The van der Waals surface area contributed by atoms with Crippen molar-refractivity contribution in [2.45, 2.75) is 13.8 Å². The van der Waals surface area contributed by atoms with Crippen molar-refractivity contribution in [2.75, 3.05) is 0 Å². The second-order valence-corrected chi connectivity index (χ2v) is 6.47. The summed E-state index contributed by atoms with van der Waals surface area (Å²) in [7, 11) is 0. The topological polar surface area (TPSA) is 13.1 Å². The fraction of sp³-hybridized carbons (Fsp3) is 0.0909. The minimum absolute atomic E-state index is 0.969. The summed E-state index contributed by atoms with van der Waals surface area (Å²) in [5.41, 5.74) is 4.47. The van der Waals surface area contributed by atoms with Crippen molar-refractivity contribution >= 4 is 43.5 Å². The third-order valence-corrected chi connectivity index (χ3v) is 4.72. The lowest BCUT2D eigenvalue weighted by molar-refractivity contribution is 0.672. The van der Waals surface area contributed by atoms with Crippen LogP contribution in [0.1, 0.15) is 11.1 Å². The van der Waals surface area contributed by atoms with Crippen molar-refractivity contribution in [1.29, 1.82) is 0 Å². The van der Waals surface area contributed by atoms with E-state index >= 15 is 0 Å². The molecule has 1 heterocycles. The first-order valence-electron chi connectivity index (χ1n) is 7.95. The lowest BCUT2D eigenvalue weighted by Gasteiger charge is -2.04. The van der Waals surface area contributed by atoms with Gasteiger partial charge >= 0.3 is 0 Å². The largest absolute Gasteiger partial charge is 0.455 e. The smallest absolute Gasteiger partial charge is 0.143 e. The molecule has 4 aromatic carbocycles. The van der Waals surface area contributed by atoms with Gasteiger partial charge in [-0.3, -0.25) is 0 Å². The first-order chi connectivity index (χ1) is 11.2. The van der Waals surface area contributed by atoms with Crippen LogP contribution in [0.3, 0.4) is 0 Å². The monoisotopic (exact) mass is 296 g/mol. The molecule has 0 spiro atoms. The fourth-order valence-electron chi connectivity index (χ4n) is 3.53. The van der Waals surface area contributed by atoms with Crippen molar-refractivity contribution in [3.05, 3.63) is 71.8 Å². The van der Waals surface area contributed by atoms with Crippen LogP contribution in [0.2, 0.25) is 0 Å². The Hall–Kier alpha value is -2.80. The number of fused-ring (bicyclic) bond motifs is 6. The fourth-order valence-corrected chi connectivity index (χ4v) is 3.53. The highest BCUT2D eigenvalue weighted by atomic mass is 16.3. The van der Waals surface area contributed by atoms with Gasteiger partial charge in [-0.25, -0.2) is 0 Å². The van der Waals surface area contributed by atoms with Gasteiger partial charge in [0, 0.05) is 16.2 Å². The number of furan rings is 1. The molecule has 0 unspecified atom stereocenters. The average molecular weight is 296 g/mol. The minimum atomic E-state index is 0.969. The molecule has 110 valence electrons. The van der Waals surface area contributed by atoms with E-state index in [1.807, 2.05) is 0 Å². The van der Waals surface area contributed by atoms with Crippen LogP contribution >= 0.6 is 0 Å². The van der Waals surface area contributed by atoms with Gasteiger partial charge in [0.15, 0.2) is 0 Å². The predicted octanol–water partition coefficient (Wildman–Crippen LogP) is 6.51. The molecule has 0 aliphatic rings. The van der Waals surface area contributed by atoms with Gasteiger partial charge in [-0.05, 0) is 59.8 Å². The second-order valence-electron chi connectivity index (χ2n) is 6.47. The zero-order chi connectivity index (χ0) is 15.6. The molecule has 0 aliphatic carbocycles. The van der Waals surface area contributed by atoms with E-state index in [2.05, 4.69) is 74.5 Å². The summed E-state index contributed by atoms with van der Waals surface area (Å²) < 4.78 is 6.22. The molecule has 1 aromatic heterocycles. The van der Waals surface area contributed by atoms with Crippen LogP contribution in [-0.2, 0) is 0 Å². The van der Waals surface area contributed by atoms with E-state index in [0.29, 0.717) is 0 Å². The van der Waals surface area contributed by atoms with Crippen molar-refractivity contribution in [2.24, 2.45) is 0 Å². The maximum Gasteiger partial charge on any atom is 0.143 e. The standard InChI is InChI=1S/C22H16O/c1-13-3-5-15-12-20-16(11-17(15)9-13)6-8-19-18-7-4-14(2)10-21(18)23-22(19)20/h3-12H,1-2H3. The quantitative estimate of drug-likeness (QED) is 0.297. The zero-order valence-corrected chi connectivity index (χ0v) is 13.2. The molecule has 0 radical (unpaired) electrons. The number of hydrogen-bond acceptors (Lipinski definition) is 1. The van der Waals surface area contributed by atoms with E-state index in [-0.39, 0.29) is 0 Å². The van der Waals surface area contributed by atoms with E-state index in [4.69, 9.17) is 4.42 Å². The molecule has 1 heteroatoms. The first kappa shape index (κ1) is 12.7. The van der Waals surface area contributed by atoms with Gasteiger partial charge in [-0.1, -0.05) is 42.0 Å². The molecule has 0 aliphatic heterocycles. The summed E-state index contributed by atoms with van der Waals surface area (Å²) in [6, 6.07) is 21.9. The van der Waals surface area contributed by atoms with Crippen molar-refractivity contribution in [3.8, 4) is 0 Å². The molecular weight excluding hydrogens is 280 g/mol. The van der Waals surface area contributed by atoms with E-state index < -0.39 is 0 Å². The van der Waals surface area contributed by atoms with E-state index in [1.54, 1.807) is 0 Å². The summed E-state index contributed by atoms with van der Waals surface area (Å²) in [6.07, 6.45) is 0. The lowest BCUT2D eigenvalue weighted by Crippen LogP contribution is -1.79. The molecule has 0 saturated heterocycles. The predicted molar refractivity (Wildman–Crippen MR) is 98.2 cm³/mol. The maximum atomic E-state index is 6.22. The summed E-state index contributed by atoms with van der Waals surface area (Å²) in [6.45, 7) is 4.23. The minimum Gasteiger partial charge on any atom is -0.455 e. The van der Waals surface area contributed by atoms with Crippen LogP contribution in [0, 0.1) is 13.8 Å². The molecule has 0 bridgehead atoms. The van der Waals surface area contributed by atoms with Crippen LogP contribution in [-0.4, -0.2) is 0 Å². The maximum absolute atomic E-state index is 6.22.